The van der Waals surface area contributed by atoms with E-state index in [4.69, 9.17) is 9.47 Å². The van der Waals surface area contributed by atoms with E-state index in [-0.39, 0.29) is 5.97 Å². The fourth-order valence-electron chi connectivity index (χ4n) is 2.07. The van der Waals surface area contributed by atoms with Gasteiger partial charge in [-0.2, -0.15) is 0 Å². The molecule has 2 aromatic carbocycles. The van der Waals surface area contributed by atoms with Crippen LogP contribution in [0.5, 0.6) is 5.75 Å². The highest BCUT2D eigenvalue weighted by molar-refractivity contribution is 5.89. The first-order valence-corrected chi connectivity index (χ1v) is 7.95. The van der Waals surface area contributed by atoms with Crippen molar-refractivity contribution in [2.75, 3.05) is 18.5 Å². The summed E-state index contributed by atoms with van der Waals surface area (Å²) >= 11 is 0. The molecular formula is C19H23NO3. The van der Waals surface area contributed by atoms with Crippen LogP contribution in [0.3, 0.4) is 0 Å². The molecule has 0 amide bonds. The number of benzene rings is 2. The fraction of sp³-hybridized carbons (Fsp3) is 0.316. The normalized spacial score (nSPS) is 10.2. The smallest absolute Gasteiger partial charge is 0.338 e. The van der Waals surface area contributed by atoms with Gasteiger partial charge in [0.05, 0.1) is 18.8 Å². The third kappa shape index (κ3) is 5.33. The van der Waals surface area contributed by atoms with Crippen molar-refractivity contribution in [2.24, 2.45) is 0 Å². The van der Waals surface area contributed by atoms with Crippen molar-refractivity contribution in [1.29, 1.82) is 0 Å². The molecule has 2 rings (SSSR count). The quantitative estimate of drug-likeness (QED) is 0.740. The third-order valence-electron chi connectivity index (χ3n) is 3.29. The molecule has 0 spiro atoms. The molecule has 0 fully saturated rings. The molecule has 0 heterocycles. The molecular weight excluding hydrogens is 290 g/mol. The van der Waals surface area contributed by atoms with Crippen molar-refractivity contribution in [3.63, 3.8) is 0 Å². The summed E-state index contributed by atoms with van der Waals surface area (Å²) in [6, 6.07) is 15.4. The molecule has 23 heavy (non-hydrogen) atoms. The highest BCUT2D eigenvalue weighted by Gasteiger charge is 2.05. The van der Waals surface area contributed by atoms with Gasteiger partial charge in [0.15, 0.2) is 0 Å². The molecule has 0 aromatic heterocycles. The Morgan fingerprint density at radius 1 is 1.00 bits per heavy atom. The highest BCUT2D eigenvalue weighted by atomic mass is 16.5. The lowest BCUT2D eigenvalue weighted by Gasteiger charge is -2.09. The van der Waals surface area contributed by atoms with Crippen LogP contribution < -0.4 is 10.1 Å². The van der Waals surface area contributed by atoms with Gasteiger partial charge in [0, 0.05) is 12.2 Å². The van der Waals surface area contributed by atoms with E-state index in [2.05, 4.69) is 12.2 Å². The van der Waals surface area contributed by atoms with Crippen molar-refractivity contribution in [3.8, 4) is 5.75 Å². The largest absolute Gasteiger partial charge is 0.494 e. The van der Waals surface area contributed by atoms with E-state index in [1.807, 2.05) is 36.4 Å². The van der Waals surface area contributed by atoms with E-state index in [9.17, 15) is 4.79 Å². The zero-order valence-corrected chi connectivity index (χ0v) is 13.7. The van der Waals surface area contributed by atoms with Crippen LogP contribution in [0.25, 0.3) is 0 Å². The van der Waals surface area contributed by atoms with Crippen molar-refractivity contribution in [2.45, 2.75) is 26.8 Å². The molecule has 0 radical (unpaired) electrons. The first kappa shape index (κ1) is 16.9. The lowest BCUT2D eigenvalue weighted by molar-refractivity contribution is 0.0526. The van der Waals surface area contributed by atoms with Crippen molar-refractivity contribution >= 4 is 11.7 Å². The monoisotopic (exact) mass is 313 g/mol. The Labute approximate surface area is 137 Å². The van der Waals surface area contributed by atoms with Gasteiger partial charge in [0.25, 0.3) is 0 Å². The molecule has 0 bridgehead atoms. The van der Waals surface area contributed by atoms with E-state index in [0.717, 1.165) is 24.5 Å². The number of hydrogen-bond donors (Lipinski definition) is 1. The van der Waals surface area contributed by atoms with Crippen LogP contribution >= 0.6 is 0 Å². The summed E-state index contributed by atoms with van der Waals surface area (Å²) in [5.74, 6) is 0.608. The van der Waals surface area contributed by atoms with Crippen LogP contribution in [-0.4, -0.2) is 19.2 Å². The SMILES string of the molecule is CCCOc1ccc(CNc2ccc(C(=O)OCC)cc2)cc1. The number of hydrogen-bond acceptors (Lipinski definition) is 4. The second kappa shape index (κ2) is 8.83. The molecule has 122 valence electrons. The first-order chi connectivity index (χ1) is 11.2. The maximum Gasteiger partial charge on any atom is 0.338 e. The predicted molar refractivity (Wildman–Crippen MR) is 92.0 cm³/mol. The standard InChI is InChI=1S/C19H23NO3/c1-3-13-23-18-11-5-15(6-12-18)14-20-17-9-7-16(8-10-17)19(21)22-4-2/h5-12,20H,3-4,13-14H2,1-2H3. The van der Waals surface area contributed by atoms with Gasteiger partial charge in [0.2, 0.25) is 0 Å². The number of nitrogens with one attached hydrogen (secondary N) is 1. The molecule has 0 unspecified atom stereocenters. The summed E-state index contributed by atoms with van der Waals surface area (Å²) < 4.78 is 10.5. The molecule has 0 saturated heterocycles. The molecule has 1 N–H and O–H groups in total. The van der Waals surface area contributed by atoms with Gasteiger partial charge in [0.1, 0.15) is 5.75 Å². The minimum Gasteiger partial charge on any atom is -0.494 e. The minimum absolute atomic E-state index is 0.290. The Balaban J connectivity index is 1.86. The molecule has 2 aromatic rings. The van der Waals surface area contributed by atoms with Crippen LogP contribution in [0.15, 0.2) is 48.5 Å². The number of carbonyl (C=O) groups is 1. The molecule has 0 atom stereocenters. The number of ether oxygens (including phenoxy) is 2. The topological polar surface area (TPSA) is 47.6 Å². The van der Waals surface area contributed by atoms with E-state index in [1.54, 1.807) is 19.1 Å². The summed E-state index contributed by atoms with van der Waals surface area (Å²) in [6.45, 7) is 5.73. The molecule has 0 saturated carbocycles. The number of carbonyl (C=O) groups excluding carboxylic acids is 1. The molecule has 0 aliphatic heterocycles. The van der Waals surface area contributed by atoms with E-state index in [1.165, 1.54) is 5.56 Å². The Morgan fingerprint density at radius 3 is 2.30 bits per heavy atom. The fourth-order valence-corrected chi connectivity index (χ4v) is 2.07. The second-order valence-corrected chi connectivity index (χ2v) is 5.14. The minimum atomic E-state index is -0.290. The molecule has 0 aliphatic rings. The lowest BCUT2D eigenvalue weighted by atomic mass is 10.2. The van der Waals surface area contributed by atoms with Gasteiger partial charge in [-0.1, -0.05) is 19.1 Å². The average molecular weight is 313 g/mol. The second-order valence-electron chi connectivity index (χ2n) is 5.14. The van der Waals surface area contributed by atoms with Crippen molar-refractivity contribution in [3.05, 3.63) is 59.7 Å². The molecule has 0 aliphatic carbocycles. The summed E-state index contributed by atoms with van der Waals surface area (Å²) in [7, 11) is 0. The maximum atomic E-state index is 11.6. The van der Waals surface area contributed by atoms with Crippen LogP contribution in [0.4, 0.5) is 5.69 Å². The van der Waals surface area contributed by atoms with Crippen LogP contribution in [0.1, 0.15) is 36.2 Å². The lowest BCUT2D eigenvalue weighted by Crippen LogP contribution is -2.05. The van der Waals surface area contributed by atoms with Gasteiger partial charge in [-0.3, -0.25) is 0 Å². The van der Waals surface area contributed by atoms with Crippen molar-refractivity contribution < 1.29 is 14.3 Å². The van der Waals surface area contributed by atoms with Gasteiger partial charge >= 0.3 is 5.97 Å². The third-order valence-corrected chi connectivity index (χ3v) is 3.29. The van der Waals surface area contributed by atoms with Gasteiger partial charge in [-0.05, 0) is 55.3 Å². The number of esters is 1. The first-order valence-electron chi connectivity index (χ1n) is 7.95. The summed E-state index contributed by atoms with van der Waals surface area (Å²) in [5, 5.41) is 3.33. The Hall–Kier alpha value is -2.49. The van der Waals surface area contributed by atoms with Crippen LogP contribution in [0, 0.1) is 0 Å². The number of anilines is 1. The summed E-state index contributed by atoms with van der Waals surface area (Å²) in [4.78, 5) is 11.6. The highest BCUT2D eigenvalue weighted by Crippen LogP contribution is 2.15. The Morgan fingerprint density at radius 2 is 1.70 bits per heavy atom. The zero-order valence-electron chi connectivity index (χ0n) is 13.7. The Bertz CT molecular complexity index is 606. The van der Waals surface area contributed by atoms with Gasteiger partial charge < -0.3 is 14.8 Å². The zero-order chi connectivity index (χ0) is 16.5. The Kier molecular flexibility index (Phi) is 6.48. The number of rotatable bonds is 8. The van der Waals surface area contributed by atoms with Crippen LogP contribution in [-0.2, 0) is 11.3 Å². The summed E-state index contributed by atoms with van der Waals surface area (Å²) in [5.41, 5.74) is 2.70. The predicted octanol–water partition coefficient (Wildman–Crippen LogP) is 4.26. The summed E-state index contributed by atoms with van der Waals surface area (Å²) in [6.07, 6.45) is 1.01. The molecule has 4 heteroatoms. The van der Waals surface area contributed by atoms with Gasteiger partial charge in [-0.25, -0.2) is 4.79 Å². The van der Waals surface area contributed by atoms with Crippen LogP contribution in [0.2, 0.25) is 0 Å². The van der Waals surface area contributed by atoms with Gasteiger partial charge in [-0.15, -0.1) is 0 Å². The van der Waals surface area contributed by atoms with E-state index >= 15 is 0 Å². The maximum absolute atomic E-state index is 11.6. The van der Waals surface area contributed by atoms with E-state index in [0.29, 0.717) is 18.7 Å². The van der Waals surface area contributed by atoms with Crippen molar-refractivity contribution in [1.82, 2.24) is 0 Å². The average Bonchev–Trinajstić information content (AvgIpc) is 2.59. The van der Waals surface area contributed by atoms with E-state index < -0.39 is 0 Å². The molecule has 4 nitrogen and oxygen atoms in total.